The Morgan fingerprint density at radius 2 is 2.23 bits per heavy atom. The lowest BCUT2D eigenvalue weighted by molar-refractivity contribution is 0.957. The topological polar surface area (TPSA) is 17.3 Å². The number of hydrogen-bond acceptors (Lipinski definition) is 1. The van der Waals surface area contributed by atoms with E-state index in [1.54, 1.807) is 0 Å². The van der Waals surface area contributed by atoms with Gasteiger partial charge in [0.2, 0.25) is 0 Å². The van der Waals surface area contributed by atoms with Crippen molar-refractivity contribution in [2.24, 2.45) is 0 Å². The molecule has 0 aromatic carbocycles. The molecule has 0 aliphatic heterocycles. The number of alkyl halides is 1. The molecule has 2 rings (SSSR count). The molecule has 13 heavy (non-hydrogen) atoms. The summed E-state index contributed by atoms with van der Waals surface area (Å²) >= 11 is 6.01. The van der Waals surface area contributed by atoms with Gasteiger partial charge in [-0.05, 0) is 25.5 Å². The van der Waals surface area contributed by atoms with Crippen LogP contribution in [0.4, 0.5) is 0 Å². The highest BCUT2D eigenvalue weighted by atomic mass is 35.5. The number of fused-ring (bicyclic) bond motifs is 1. The van der Waals surface area contributed by atoms with E-state index >= 15 is 0 Å². The van der Waals surface area contributed by atoms with Crippen molar-refractivity contribution in [3.05, 3.63) is 35.8 Å². The number of pyridine rings is 1. The zero-order valence-electron chi connectivity index (χ0n) is 7.66. The molecule has 1 unspecified atom stereocenters. The molecule has 0 N–H and O–H groups in total. The number of rotatable bonds is 1. The Hall–Kier alpha value is -1.02. The van der Waals surface area contributed by atoms with Gasteiger partial charge in [-0.2, -0.15) is 0 Å². The molecule has 0 amide bonds. The lowest BCUT2D eigenvalue weighted by Gasteiger charge is -2.03. The Morgan fingerprint density at radius 1 is 1.46 bits per heavy atom. The molecule has 3 heteroatoms. The van der Waals surface area contributed by atoms with Crippen molar-refractivity contribution in [1.82, 2.24) is 9.38 Å². The number of nitrogens with zero attached hydrogens (tertiary/aromatic N) is 2. The van der Waals surface area contributed by atoms with Crippen molar-refractivity contribution in [2.45, 2.75) is 19.2 Å². The van der Waals surface area contributed by atoms with Crippen LogP contribution in [-0.2, 0) is 0 Å². The lowest BCUT2D eigenvalue weighted by Crippen LogP contribution is -1.93. The van der Waals surface area contributed by atoms with Gasteiger partial charge in [0.25, 0.3) is 0 Å². The molecule has 0 fully saturated rings. The highest BCUT2D eigenvalue weighted by molar-refractivity contribution is 6.20. The van der Waals surface area contributed by atoms with Crippen molar-refractivity contribution in [3.8, 4) is 0 Å². The van der Waals surface area contributed by atoms with E-state index in [1.165, 1.54) is 5.56 Å². The first kappa shape index (κ1) is 8.57. The SMILES string of the molecule is Cc1ccc2ncc(C(C)Cl)n2c1. The maximum Gasteiger partial charge on any atom is 0.136 e. The molecule has 68 valence electrons. The lowest BCUT2D eigenvalue weighted by atomic mass is 10.3. The molecule has 0 saturated heterocycles. The van der Waals surface area contributed by atoms with Crippen molar-refractivity contribution >= 4 is 17.2 Å². The van der Waals surface area contributed by atoms with Crippen LogP contribution in [0.25, 0.3) is 5.65 Å². The quantitative estimate of drug-likeness (QED) is 0.638. The first-order chi connectivity index (χ1) is 6.18. The number of aryl methyl sites for hydroxylation is 1. The summed E-state index contributed by atoms with van der Waals surface area (Å²) in [5.74, 6) is 0. The van der Waals surface area contributed by atoms with E-state index in [1.807, 2.05) is 29.7 Å². The average Bonchev–Trinajstić information content (AvgIpc) is 2.46. The van der Waals surface area contributed by atoms with Crippen LogP contribution in [0.1, 0.15) is 23.6 Å². The fourth-order valence-corrected chi connectivity index (χ4v) is 1.56. The first-order valence-electron chi connectivity index (χ1n) is 4.26. The summed E-state index contributed by atoms with van der Waals surface area (Å²) in [5.41, 5.74) is 3.21. The Morgan fingerprint density at radius 3 is 2.92 bits per heavy atom. The van der Waals surface area contributed by atoms with Crippen LogP contribution in [0.2, 0.25) is 0 Å². The maximum atomic E-state index is 6.01. The molecule has 2 nitrogen and oxygen atoms in total. The second kappa shape index (κ2) is 3.04. The maximum absolute atomic E-state index is 6.01. The van der Waals surface area contributed by atoms with Crippen LogP contribution in [0.3, 0.4) is 0 Å². The van der Waals surface area contributed by atoms with Gasteiger partial charge in [0, 0.05) is 6.20 Å². The Balaban J connectivity index is 2.71. The van der Waals surface area contributed by atoms with Crippen LogP contribution in [0, 0.1) is 6.92 Å². The van der Waals surface area contributed by atoms with Crippen molar-refractivity contribution in [3.63, 3.8) is 0 Å². The fraction of sp³-hybridized carbons (Fsp3) is 0.300. The molecule has 0 spiro atoms. The molecule has 0 saturated carbocycles. The second-order valence-electron chi connectivity index (χ2n) is 3.23. The standard InChI is InChI=1S/C10H11ClN2/c1-7-3-4-10-12-5-9(8(2)11)13(10)6-7/h3-6,8H,1-2H3. The van der Waals surface area contributed by atoms with E-state index in [2.05, 4.69) is 18.1 Å². The Labute approximate surface area is 82.2 Å². The van der Waals surface area contributed by atoms with E-state index in [0.29, 0.717) is 0 Å². The van der Waals surface area contributed by atoms with E-state index in [4.69, 9.17) is 11.6 Å². The minimum atomic E-state index is -0.00296. The molecule has 0 bridgehead atoms. The van der Waals surface area contributed by atoms with Crippen LogP contribution < -0.4 is 0 Å². The van der Waals surface area contributed by atoms with E-state index in [9.17, 15) is 0 Å². The van der Waals surface area contributed by atoms with Gasteiger partial charge >= 0.3 is 0 Å². The van der Waals surface area contributed by atoms with Crippen LogP contribution in [0.5, 0.6) is 0 Å². The van der Waals surface area contributed by atoms with Gasteiger partial charge in [-0.15, -0.1) is 11.6 Å². The third-order valence-electron chi connectivity index (χ3n) is 2.09. The summed E-state index contributed by atoms with van der Waals surface area (Å²) in [7, 11) is 0. The minimum absolute atomic E-state index is 0.00296. The van der Waals surface area contributed by atoms with Gasteiger partial charge in [-0.25, -0.2) is 4.98 Å². The summed E-state index contributed by atoms with van der Waals surface area (Å²) in [5, 5.41) is -0.00296. The van der Waals surface area contributed by atoms with E-state index < -0.39 is 0 Å². The normalized spacial score (nSPS) is 13.5. The molecule has 2 aromatic heterocycles. The van der Waals surface area contributed by atoms with Gasteiger partial charge in [-0.3, -0.25) is 0 Å². The third-order valence-corrected chi connectivity index (χ3v) is 2.31. The molecular formula is C10H11ClN2. The summed E-state index contributed by atoms with van der Waals surface area (Å²) in [4.78, 5) is 4.26. The largest absolute Gasteiger partial charge is 0.302 e. The molecule has 0 radical (unpaired) electrons. The van der Waals surface area contributed by atoms with E-state index in [0.717, 1.165) is 11.3 Å². The highest BCUT2D eigenvalue weighted by Gasteiger charge is 2.07. The zero-order valence-corrected chi connectivity index (χ0v) is 8.42. The summed E-state index contributed by atoms with van der Waals surface area (Å²) in [6.07, 6.45) is 3.88. The van der Waals surface area contributed by atoms with Gasteiger partial charge in [-0.1, -0.05) is 6.07 Å². The van der Waals surface area contributed by atoms with Crippen molar-refractivity contribution in [2.75, 3.05) is 0 Å². The molecule has 0 aliphatic rings. The van der Waals surface area contributed by atoms with Crippen molar-refractivity contribution in [1.29, 1.82) is 0 Å². The van der Waals surface area contributed by atoms with Gasteiger partial charge in [0.05, 0.1) is 17.3 Å². The van der Waals surface area contributed by atoms with Crippen LogP contribution >= 0.6 is 11.6 Å². The number of hydrogen-bond donors (Lipinski definition) is 0. The van der Waals surface area contributed by atoms with Crippen LogP contribution in [0.15, 0.2) is 24.5 Å². The number of aromatic nitrogens is 2. The van der Waals surface area contributed by atoms with Crippen LogP contribution in [-0.4, -0.2) is 9.38 Å². The second-order valence-corrected chi connectivity index (χ2v) is 3.89. The smallest absolute Gasteiger partial charge is 0.136 e. The van der Waals surface area contributed by atoms with Crippen molar-refractivity contribution < 1.29 is 0 Å². The first-order valence-corrected chi connectivity index (χ1v) is 4.70. The van der Waals surface area contributed by atoms with Gasteiger partial charge in [0.15, 0.2) is 0 Å². The average molecular weight is 195 g/mol. The van der Waals surface area contributed by atoms with E-state index in [-0.39, 0.29) is 5.38 Å². The predicted molar refractivity (Wildman–Crippen MR) is 54.2 cm³/mol. The van der Waals surface area contributed by atoms with Gasteiger partial charge in [0.1, 0.15) is 5.65 Å². The highest BCUT2D eigenvalue weighted by Crippen LogP contribution is 2.20. The molecule has 2 aromatic rings. The predicted octanol–water partition coefficient (Wildman–Crippen LogP) is 2.94. The molecule has 0 aliphatic carbocycles. The minimum Gasteiger partial charge on any atom is -0.302 e. The summed E-state index contributed by atoms with van der Waals surface area (Å²) in [6, 6.07) is 4.04. The number of halogens is 1. The molecule has 1 atom stereocenters. The Bertz CT molecular complexity index is 431. The summed E-state index contributed by atoms with van der Waals surface area (Å²) in [6.45, 7) is 4.01. The van der Waals surface area contributed by atoms with Gasteiger partial charge < -0.3 is 4.40 Å². The fourth-order valence-electron chi connectivity index (χ4n) is 1.40. The third kappa shape index (κ3) is 1.42. The molecule has 2 heterocycles. The zero-order chi connectivity index (χ0) is 9.42. The summed E-state index contributed by atoms with van der Waals surface area (Å²) < 4.78 is 2.03. The molecular weight excluding hydrogens is 184 g/mol. The monoisotopic (exact) mass is 194 g/mol. The Kier molecular flexibility index (Phi) is 2.00. The number of imidazole rings is 1.